The number of hydrogen-bond donors (Lipinski definition) is 2. The van der Waals surface area contributed by atoms with E-state index in [0.29, 0.717) is 12.2 Å². The fraction of sp³-hybridized carbons (Fsp3) is 0.455. The van der Waals surface area contributed by atoms with Gasteiger partial charge in [-0.1, -0.05) is 12.1 Å². The van der Waals surface area contributed by atoms with E-state index in [2.05, 4.69) is 10.0 Å². The lowest BCUT2D eigenvalue weighted by atomic mass is 10.3. The topological polar surface area (TPSA) is 58.2 Å². The molecule has 0 saturated heterocycles. The van der Waals surface area contributed by atoms with Gasteiger partial charge in [-0.2, -0.15) is 13.2 Å². The van der Waals surface area contributed by atoms with Gasteiger partial charge in [0.05, 0.1) is 5.69 Å². The molecule has 0 saturated carbocycles. The molecule has 0 aliphatic heterocycles. The number of hydrogen-bond acceptors (Lipinski definition) is 4. The van der Waals surface area contributed by atoms with Crippen LogP contribution in [0.4, 0.5) is 18.9 Å². The zero-order valence-corrected chi connectivity index (χ0v) is 12.3. The average Bonchev–Trinajstić information content (AvgIpc) is 2.35. The highest BCUT2D eigenvalue weighted by atomic mass is 32.2. The highest BCUT2D eigenvalue weighted by Crippen LogP contribution is 2.29. The molecular weight excluding hydrogens is 313 g/mol. The number of alkyl halides is 3. The van der Waals surface area contributed by atoms with Crippen LogP contribution in [0.1, 0.15) is 6.92 Å². The largest absolute Gasteiger partial charge is 0.441 e. The van der Waals surface area contributed by atoms with Crippen molar-refractivity contribution in [3.8, 4) is 0 Å². The Morgan fingerprint density at radius 3 is 2.50 bits per heavy atom. The van der Waals surface area contributed by atoms with Crippen LogP contribution in [0.3, 0.4) is 0 Å². The third kappa shape index (κ3) is 5.59. The van der Waals surface area contributed by atoms with Gasteiger partial charge >= 0.3 is 5.51 Å². The summed E-state index contributed by atoms with van der Waals surface area (Å²) in [6.07, 6.45) is 0. The maximum absolute atomic E-state index is 12.0. The molecule has 1 aromatic rings. The molecule has 4 nitrogen and oxygen atoms in total. The Balaban J connectivity index is 2.69. The number of para-hydroxylation sites is 1. The molecule has 0 unspecified atom stereocenters. The van der Waals surface area contributed by atoms with Gasteiger partial charge in [0, 0.05) is 18.8 Å². The van der Waals surface area contributed by atoms with Crippen LogP contribution < -0.4 is 10.0 Å². The normalized spacial score (nSPS) is 12.4. The molecule has 0 fully saturated rings. The van der Waals surface area contributed by atoms with E-state index in [-0.39, 0.29) is 29.0 Å². The van der Waals surface area contributed by atoms with Crippen LogP contribution in [0.25, 0.3) is 0 Å². The number of rotatable bonds is 7. The van der Waals surface area contributed by atoms with Crippen LogP contribution in [0.15, 0.2) is 29.2 Å². The van der Waals surface area contributed by atoms with E-state index in [0.717, 1.165) is 0 Å². The van der Waals surface area contributed by atoms with Crippen molar-refractivity contribution < 1.29 is 21.6 Å². The van der Waals surface area contributed by atoms with Gasteiger partial charge in [-0.25, -0.2) is 13.1 Å². The van der Waals surface area contributed by atoms with E-state index < -0.39 is 15.5 Å². The monoisotopic (exact) mass is 328 g/mol. The van der Waals surface area contributed by atoms with Crippen LogP contribution in [0.2, 0.25) is 0 Å². The molecule has 0 aromatic heterocycles. The Morgan fingerprint density at radius 2 is 1.90 bits per heavy atom. The molecule has 0 amide bonds. The summed E-state index contributed by atoms with van der Waals surface area (Å²) < 4.78 is 62.0. The Kier molecular flexibility index (Phi) is 6.15. The molecule has 0 aliphatic carbocycles. The number of sulfonamides is 1. The summed E-state index contributed by atoms with van der Waals surface area (Å²) >= 11 is -0.259. The summed E-state index contributed by atoms with van der Waals surface area (Å²) in [7, 11) is -3.82. The van der Waals surface area contributed by atoms with Crippen molar-refractivity contribution in [2.24, 2.45) is 0 Å². The van der Waals surface area contributed by atoms with Crippen molar-refractivity contribution in [2.75, 3.05) is 24.2 Å². The third-order valence-electron chi connectivity index (χ3n) is 2.20. The Morgan fingerprint density at radius 1 is 1.25 bits per heavy atom. The molecule has 0 heterocycles. The number of thioether (sulfide) groups is 1. The first-order chi connectivity index (χ1) is 9.26. The number of benzene rings is 1. The summed E-state index contributed by atoms with van der Waals surface area (Å²) in [6, 6.07) is 6.23. The smallest absolute Gasteiger partial charge is 0.384 e. The molecule has 9 heteroatoms. The lowest BCUT2D eigenvalue weighted by molar-refractivity contribution is -0.0327. The van der Waals surface area contributed by atoms with Crippen LogP contribution in [-0.4, -0.2) is 32.8 Å². The molecule has 0 atom stereocenters. The SMILES string of the molecule is CCNc1ccccc1S(=O)(=O)NCCSC(F)(F)F. The molecule has 114 valence electrons. The minimum Gasteiger partial charge on any atom is -0.384 e. The van der Waals surface area contributed by atoms with Gasteiger partial charge in [-0.3, -0.25) is 0 Å². The lowest BCUT2D eigenvalue weighted by Crippen LogP contribution is -2.27. The molecule has 20 heavy (non-hydrogen) atoms. The van der Waals surface area contributed by atoms with Gasteiger partial charge in [0.15, 0.2) is 0 Å². The van der Waals surface area contributed by atoms with E-state index in [1.54, 1.807) is 18.2 Å². The fourth-order valence-electron chi connectivity index (χ4n) is 1.46. The molecule has 0 bridgehead atoms. The summed E-state index contributed by atoms with van der Waals surface area (Å²) in [5.74, 6) is -0.369. The minimum absolute atomic E-state index is 0.0267. The second-order valence-corrected chi connectivity index (χ2v) is 6.61. The van der Waals surface area contributed by atoms with Crippen LogP contribution in [-0.2, 0) is 10.0 Å². The van der Waals surface area contributed by atoms with Gasteiger partial charge in [0.2, 0.25) is 10.0 Å². The van der Waals surface area contributed by atoms with Crippen LogP contribution in [0.5, 0.6) is 0 Å². The Hall–Kier alpha value is -0.930. The molecule has 0 spiro atoms. The van der Waals surface area contributed by atoms with E-state index in [1.165, 1.54) is 6.07 Å². The zero-order valence-electron chi connectivity index (χ0n) is 10.7. The molecule has 1 aromatic carbocycles. The second kappa shape index (κ2) is 7.19. The average molecular weight is 328 g/mol. The van der Waals surface area contributed by atoms with E-state index in [4.69, 9.17) is 0 Å². The van der Waals surface area contributed by atoms with Crippen molar-refractivity contribution in [3.05, 3.63) is 24.3 Å². The fourth-order valence-corrected chi connectivity index (χ4v) is 3.24. The summed E-state index contributed by atoms with van der Waals surface area (Å²) in [5, 5.41) is 2.89. The van der Waals surface area contributed by atoms with Crippen molar-refractivity contribution in [1.29, 1.82) is 0 Å². The predicted octanol–water partition coefficient (Wildman–Crippen LogP) is 2.65. The van der Waals surface area contributed by atoms with E-state index in [9.17, 15) is 21.6 Å². The second-order valence-electron chi connectivity index (χ2n) is 3.72. The maximum atomic E-state index is 12.0. The molecule has 2 N–H and O–H groups in total. The highest BCUT2D eigenvalue weighted by molar-refractivity contribution is 8.00. The van der Waals surface area contributed by atoms with Gasteiger partial charge < -0.3 is 5.32 Å². The minimum atomic E-state index is -4.35. The third-order valence-corrected chi connectivity index (χ3v) is 4.46. The number of nitrogens with one attached hydrogen (secondary N) is 2. The summed E-state index contributed by atoms with van der Waals surface area (Å²) in [6.45, 7) is 2.07. The summed E-state index contributed by atoms with van der Waals surface area (Å²) in [5.41, 5.74) is -3.93. The number of halogens is 3. The first kappa shape index (κ1) is 17.1. The quantitative estimate of drug-likeness (QED) is 0.756. The highest BCUT2D eigenvalue weighted by Gasteiger charge is 2.28. The Labute approximate surface area is 120 Å². The van der Waals surface area contributed by atoms with Gasteiger partial charge in [0.1, 0.15) is 4.90 Å². The van der Waals surface area contributed by atoms with E-state index in [1.807, 2.05) is 6.92 Å². The number of anilines is 1. The zero-order chi connectivity index (χ0) is 15.2. The molecular formula is C11H15F3N2O2S2. The van der Waals surface area contributed by atoms with Gasteiger partial charge in [-0.15, -0.1) is 0 Å². The maximum Gasteiger partial charge on any atom is 0.441 e. The van der Waals surface area contributed by atoms with E-state index >= 15 is 0 Å². The lowest BCUT2D eigenvalue weighted by Gasteiger charge is -2.12. The van der Waals surface area contributed by atoms with Crippen molar-refractivity contribution >= 4 is 27.5 Å². The summed E-state index contributed by atoms with van der Waals surface area (Å²) in [4.78, 5) is 0.0267. The molecule has 0 radical (unpaired) electrons. The molecule has 0 aliphatic rings. The molecule has 1 rings (SSSR count). The first-order valence-electron chi connectivity index (χ1n) is 5.79. The first-order valence-corrected chi connectivity index (χ1v) is 8.26. The van der Waals surface area contributed by atoms with Crippen molar-refractivity contribution in [2.45, 2.75) is 17.3 Å². The van der Waals surface area contributed by atoms with Crippen molar-refractivity contribution in [1.82, 2.24) is 4.72 Å². The van der Waals surface area contributed by atoms with Crippen LogP contribution in [0, 0.1) is 0 Å². The predicted molar refractivity (Wildman–Crippen MR) is 74.3 cm³/mol. The standard InChI is InChI=1S/C11H15F3N2O2S2/c1-2-15-9-5-3-4-6-10(9)20(17,18)16-7-8-19-11(12,13)14/h3-6,15-16H,2,7-8H2,1H3. The van der Waals surface area contributed by atoms with Crippen molar-refractivity contribution in [3.63, 3.8) is 0 Å². The van der Waals surface area contributed by atoms with Gasteiger partial charge in [0.25, 0.3) is 0 Å². The Bertz CT molecular complexity index is 533. The van der Waals surface area contributed by atoms with Gasteiger partial charge in [-0.05, 0) is 30.8 Å². The van der Waals surface area contributed by atoms with Crippen LogP contribution >= 0.6 is 11.8 Å².